The van der Waals surface area contributed by atoms with Gasteiger partial charge in [0.1, 0.15) is 12.0 Å². The number of rotatable bonds is 5. The van der Waals surface area contributed by atoms with E-state index in [1.807, 2.05) is 0 Å². The van der Waals surface area contributed by atoms with Gasteiger partial charge in [0.15, 0.2) is 0 Å². The zero-order chi connectivity index (χ0) is 15.7. The fraction of sp³-hybridized carbons (Fsp3) is 1.00. The molecule has 4 fully saturated rings. The highest BCUT2D eigenvalue weighted by molar-refractivity contribution is 7.95. The Balaban J connectivity index is 1.55. The van der Waals surface area contributed by atoms with Crippen molar-refractivity contribution in [3.05, 3.63) is 0 Å². The van der Waals surface area contributed by atoms with Crippen molar-refractivity contribution in [2.75, 3.05) is 0 Å². The second-order valence-corrected chi connectivity index (χ2v) is 8.17. The van der Waals surface area contributed by atoms with Crippen LogP contribution in [0.5, 0.6) is 0 Å². The molecule has 0 amide bonds. The Morgan fingerprint density at radius 3 is 2.27 bits per heavy atom. The minimum Gasteiger partial charge on any atom is -0.220 e. The molecule has 8 heteroatoms. The highest BCUT2D eigenvalue weighted by atomic mass is 32.2. The average Bonchev–Trinajstić information content (AvgIpc) is 3.21. The summed E-state index contributed by atoms with van der Waals surface area (Å²) in [6, 6.07) is 0. The number of halogens is 4. The Labute approximate surface area is 129 Å². The first-order valence-electron chi connectivity index (χ1n) is 7.78. The van der Waals surface area contributed by atoms with E-state index in [0.29, 0.717) is 24.2 Å². The molecule has 4 rings (SSSR count). The summed E-state index contributed by atoms with van der Waals surface area (Å²) >= 11 is -0.815. The first kappa shape index (κ1) is 15.5. The summed E-state index contributed by atoms with van der Waals surface area (Å²) in [5.74, 6) is -3.79. The molecule has 1 N–H and O–H groups in total. The van der Waals surface area contributed by atoms with Crippen molar-refractivity contribution >= 4 is 12.0 Å². The number of fused-ring (bicyclic) bond motifs is 9. The van der Waals surface area contributed by atoms with E-state index in [4.69, 9.17) is 5.26 Å². The standard InChI is InChI=1S/C14H18F4O3S/c15-13(16,14(17,18)22-21-20-19)10-5-8-4-9(10)12-7-2-1-6(3-7)11(8)12/h6-12,19H,1-5H2. The fourth-order valence-electron chi connectivity index (χ4n) is 6.31. The lowest BCUT2D eigenvalue weighted by Gasteiger charge is -2.42. The van der Waals surface area contributed by atoms with Crippen LogP contribution >= 0.6 is 12.0 Å². The molecule has 7 atom stereocenters. The lowest BCUT2D eigenvalue weighted by molar-refractivity contribution is -0.434. The second-order valence-electron chi connectivity index (χ2n) is 7.36. The summed E-state index contributed by atoms with van der Waals surface area (Å²) in [4.78, 5) is 0. The van der Waals surface area contributed by atoms with Crippen LogP contribution in [-0.2, 0) is 9.37 Å². The normalized spacial score (nSPS) is 46.5. The van der Waals surface area contributed by atoms with Crippen molar-refractivity contribution in [3.63, 3.8) is 0 Å². The zero-order valence-electron chi connectivity index (χ0n) is 11.8. The van der Waals surface area contributed by atoms with Crippen LogP contribution in [-0.4, -0.2) is 16.4 Å². The topological polar surface area (TPSA) is 38.7 Å². The summed E-state index contributed by atoms with van der Waals surface area (Å²) in [6.45, 7) is 0. The molecule has 0 aromatic carbocycles. The van der Waals surface area contributed by atoms with E-state index in [1.165, 1.54) is 6.42 Å². The molecule has 0 heterocycles. The number of hydrogen-bond acceptors (Lipinski definition) is 4. The first-order valence-corrected chi connectivity index (χ1v) is 8.52. The van der Waals surface area contributed by atoms with Gasteiger partial charge >= 0.3 is 11.2 Å². The smallest absolute Gasteiger partial charge is 0.220 e. The summed E-state index contributed by atoms with van der Waals surface area (Å²) in [5, 5.41) is 6.58. The monoisotopic (exact) mass is 342 g/mol. The van der Waals surface area contributed by atoms with Crippen LogP contribution in [0.25, 0.3) is 0 Å². The number of hydrogen-bond donors (Lipinski definition) is 1. The van der Waals surface area contributed by atoms with Gasteiger partial charge in [-0.2, -0.15) is 17.6 Å². The second kappa shape index (κ2) is 4.97. The van der Waals surface area contributed by atoms with Crippen LogP contribution in [0.4, 0.5) is 17.6 Å². The maximum absolute atomic E-state index is 14.4. The van der Waals surface area contributed by atoms with E-state index < -0.39 is 29.1 Å². The van der Waals surface area contributed by atoms with Crippen molar-refractivity contribution in [1.29, 1.82) is 0 Å². The predicted octanol–water partition coefficient (Wildman–Crippen LogP) is 4.60. The SMILES string of the molecule is OOOSC(F)(F)C(F)(F)C1CC2CC1C1C3CCC(C3)C21. The summed E-state index contributed by atoms with van der Waals surface area (Å²) in [6.07, 6.45) is 4.20. The van der Waals surface area contributed by atoms with Crippen molar-refractivity contribution in [1.82, 2.24) is 0 Å². The van der Waals surface area contributed by atoms with E-state index in [1.54, 1.807) is 0 Å². The van der Waals surface area contributed by atoms with Crippen LogP contribution < -0.4 is 0 Å². The number of alkyl halides is 4. The molecule has 0 radical (unpaired) electrons. The van der Waals surface area contributed by atoms with Crippen molar-refractivity contribution in [3.8, 4) is 0 Å². The summed E-state index contributed by atoms with van der Waals surface area (Å²) in [5.41, 5.74) is 0. The molecule has 4 bridgehead atoms. The summed E-state index contributed by atoms with van der Waals surface area (Å²) < 4.78 is 60.0. The lowest BCUT2D eigenvalue weighted by atomic mass is 9.66. The maximum Gasteiger partial charge on any atom is 0.383 e. The van der Waals surface area contributed by atoms with Gasteiger partial charge < -0.3 is 0 Å². The summed E-state index contributed by atoms with van der Waals surface area (Å²) in [7, 11) is 0. The molecule has 4 aliphatic carbocycles. The van der Waals surface area contributed by atoms with Gasteiger partial charge in [-0.15, -0.1) is 4.33 Å². The van der Waals surface area contributed by atoms with Gasteiger partial charge in [0, 0.05) is 5.92 Å². The van der Waals surface area contributed by atoms with Gasteiger partial charge in [0.2, 0.25) is 0 Å². The predicted molar refractivity (Wildman–Crippen MR) is 69.8 cm³/mol. The van der Waals surface area contributed by atoms with E-state index in [-0.39, 0.29) is 24.2 Å². The van der Waals surface area contributed by atoms with E-state index in [0.717, 1.165) is 12.8 Å². The van der Waals surface area contributed by atoms with Gasteiger partial charge in [-0.3, -0.25) is 0 Å². The van der Waals surface area contributed by atoms with Crippen molar-refractivity contribution in [2.45, 2.75) is 43.3 Å². The third-order valence-electron chi connectivity index (χ3n) is 6.76. The highest BCUT2D eigenvalue weighted by Gasteiger charge is 2.72. The average molecular weight is 342 g/mol. The Bertz CT molecular complexity index is 463. The van der Waals surface area contributed by atoms with E-state index >= 15 is 0 Å². The molecular formula is C14H18F4O3S. The minimum atomic E-state index is -4.42. The van der Waals surface area contributed by atoms with Crippen LogP contribution in [0, 0.1) is 41.4 Å². The lowest BCUT2D eigenvalue weighted by Crippen LogP contribution is -2.49. The Hall–Kier alpha value is -0.0500. The third kappa shape index (κ3) is 1.93. The molecule has 0 saturated heterocycles. The molecule has 0 aromatic rings. The Morgan fingerprint density at radius 2 is 1.59 bits per heavy atom. The van der Waals surface area contributed by atoms with Crippen LogP contribution in [0.15, 0.2) is 0 Å². The Kier molecular flexibility index (Phi) is 3.50. The quantitative estimate of drug-likeness (QED) is 0.260. The molecule has 0 spiro atoms. The van der Waals surface area contributed by atoms with Gasteiger partial charge in [-0.1, -0.05) is 5.04 Å². The minimum absolute atomic E-state index is 0.178. The van der Waals surface area contributed by atoms with Gasteiger partial charge in [0.25, 0.3) is 0 Å². The molecule has 126 valence electrons. The van der Waals surface area contributed by atoms with Crippen LogP contribution in [0.2, 0.25) is 0 Å². The fourth-order valence-corrected chi connectivity index (χ4v) is 6.69. The Morgan fingerprint density at radius 1 is 0.909 bits per heavy atom. The molecule has 7 unspecified atom stereocenters. The van der Waals surface area contributed by atoms with E-state index in [9.17, 15) is 17.6 Å². The molecule has 4 aliphatic rings. The van der Waals surface area contributed by atoms with Gasteiger partial charge in [-0.25, -0.2) is 5.26 Å². The molecule has 22 heavy (non-hydrogen) atoms. The molecule has 4 saturated carbocycles. The van der Waals surface area contributed by atoms with Crippen LogP contribution in [0.3, 0.4) is 0 Å². The largest absolute Gasteiger partial charge is 0.383 e. The van der Waals surface area contributed by atoms with E-state index in [2.05, 4.69) is 9.37 Å². The highest BCUT2D eigenvalue weighted by Crippen LogP contribution is 2.71. The van der Waals surface area contributed by atoms with Crippen LogP contribution in [0.1, 0.15) is 32.1 Å². The van der Waals surface area contributed by atoms with Crippen molar-refractivity contribution < 1.29 is 32.2 Å². The molecular weight excluding hydrogens is 324 g/mol. The van der Waals surface area contributed by atoms with Gasteiger partial charge in [-0.05, 0) is 67.6 Å². The molecule has 0 aromatic heterocycles. The zero-order valence-corrected chi connectivity index (χ0v) is 12.6. The van der Waals surface area contributed by atoms with Crippen molar-refractivity contribution in [2.24, 2.45) is 41.4 Å². The maximum atomic E-state index is 14.4. The van der Waals surface area contributed by atoms with Gasteiger partial charge in [0.05, 0.1) is 0 Å². The third-order valence-corrected chi connectivity index (χ3v) is 7.37. The molecule has 3 nitrogen and oxygen atoms in total. The first-order chi connectivity index (χ1) is 10.4. The molecule has 0 aliphatic heterocycles.